The van der Waals surface area contributed by atoms with Crippen LogP contribution in [0.2, 0.25) is 0 Å². The third-order valence-corrected chi connectivity index (χ3v) is 5.86. The number of aliphatic hydroxyl groups is 1. The minimum Gasteiger partial charge on any atom is -0.396 e. The van der Waals surface area contributed by atoms with E-state index in [9.17, 15) is 9.59 Å². The van der Waals surface area contributed by atoms with E-state index in [4.69, 9.17) is 5.11 Å². The molecule has 0 heterocycles. The molecule has 2 aromatic rings. The molecule has 0 saturated carbocycles. The standard InChI is InChI=1S/C25H33N3O3/c1-3-28(4-2)16-15-27-21-13-9-11-19-23(21)25(31)18-10-8-12-20(22(18)24(19)30)26-14-6-5-7-17-29/h8-13,26-27,29H,3-7,14-17H2,1-2H3. The minimum absolute atomic E-state index is 0.112. The Bertz CT molecular complexity index is 922. The first-order valence-corrected chi connectivity index (χ1v) is 11.3. The second kappa shape index (κ2) is 11.1. The Labute approximate surface area is 184 Å². The number of ketones is 2. The van der Waals surface area contributed by atoms with Gasteiger partial charge in [0.1, 0.15) is 0 Å². The predicted octanol–water partition coefficient (Wildman–Crippen LogP) is 3.79. The number of aliphatic hydroxyl groups excluding tert-OH is 1. The monoisotopic (exact) mass is 423 g/mol. The van der Waals surface area contributed by atoms with Crippen LogP contribution in [0.15, 0.2) is 36.4 Å². The summed E-state index contributed by atoms with van der Waals surface area (Å²) in [6.07, 6.45) is 2.57. The van der Waals surface area contributed by atoms with Crippen molar-refractivity contribution in [2.24, 2.45) is 0 Å². The number of anilines is 2. The Kier molecular flexibility index (Phi) is 8.20. The molecule has 0 aromatic heterocycles. The molecule has 0 spiro atoms. The van der Waals surface area contributed by atoms with Gasteiger partial charge in [-0.05, 0) is 44.5 Å². The van der Waals surface area contributed by atoms with Crippen molar-refractivity contribution in [2.45, 2.75) is 33.1 Å². The Balaban J connectivity index is 1.82. The molecule has 0 saturated heterocycles. The molecule has 1 aliphatic carbocycles. The van der Waals surface area contributed by atoms with Gasteiger partial charge in [0, 0.05) is 48.7 Å². The molecule has 3 N–H and O–H groups in total. The molecule has 0 radical (unpaired) electrons. The minimum atomic E-state index is -0.115. The number of hydrogen-bond acceptors (Lipinski definition) is 6. The highest BCUT2D eigenvalue weighted by atomic mass is 16.3. The quantitative estimate of drug-likeness (QED) is 0.385. The van der Waals surface area contributed by atoms with E-state index >= 15 is 0 Å². The Hall–Kier alpha value is -2.70. The molecule has 6 heteroatoms. The van der Waals surface area contributed by atoms with Crippen molar-refractivity contribution >= 4 is 22.9 Å². The van der Waals surface area contributed by atoms with Gasteiger partial charge in [-0.15, -0.1) is 0 Å². The summed E-state index contributed by atoms with van der Waals surface area (Å²) >= 11 is 0. The van der Waals surface area contributed by atoms with Crippen molar-refractivity contribution in [1.82, 2.24) is 4.90 Å². The molecule has 166 valence electrons. The van der Waals surface area contributed by atoms with Crippen molar-refractivity contribution in [3.8, 4) is 0 Å². The number of nitrogens with one attached hydrogen (secondary N) is 2. The van der Waals surface area contributed by atoms with E-state index in [1.165, 1.54) is 0 Å². The van der Waals surface area contributed by atoms with Gasteiger partial charge < -0.3 is 20.6 Å². The summed E-state index contributed by atoms with van der Waals surface area (Å²) in [7, 11) is 0. The zero-order chi connectivity index (χ0) is 22.2. The SMILES string of the molecule is CCN(CC)CCNc1cccc2c1C(=O)c1cccc(NCCCCCO)c1C2=O. The smallest absolute Gasteiger partial charge is 0.196 e. The molecule has 31 heavy (non-hydrogen) atoms. The normalized spacial score (nSPS) is 12.6. The van der Waals surface area contributed by atoms with Crippen LogP contribution in [0.5, 0.6) is 0 Å². The van der Waals surface area contributed by atoms with Crippen LogP contribution >= 0.6 is 0 Å². The highest BCUT2D eigenvalue weighted by Crippen LogP contribution is 2.35. The number of benzene rings is 2. The molecule has 0 amide bonds. The molecule has 6 nitrogen and oxygen atoms in total. The molecule has 0 fully saturated rings. The van der Waals surface area contributed by atoms with Crippen LogP contribution in [0.3, 0.4) is 0 Å². The molecule has 3 rings (SSSR count). The van der Waals surface area contributed by atoms with Crippen LogP contribution in [-0.4, -0.2) is 60.9 Å². The highest BCUT2D eigenvalue weighted by Gasteiger charge is 2.33. The van der Waals surface area contributed by atoms with E-state index in [-0.39, 0.29) is 18.2 Å². The summed E-state index contributed by atoms with van der Waals surface area (Å²) in [5, 5.41) is 15.6. The average molecular weight is 424 g/mol. The van der Waals surface area contributed by atoms with Crippen LogP contribution in [0.25, 0.3) is 0 Å². The average Bonchev–Trinajstić information content (AvgIpc) is 2.80. The molecular weight excluding hydrogens is 390 g/mol. The van der Waals surface area contributed by atoms with Gasteiger partial charge in [-0.25, -0.2) is 0 Å². The van der Waals surface area contributed by atoms with Crippen LogP contribution in [0, 0.1) is 0 Å². The molecule has 2 aromatic carbocycles. The van der Waals surface area contributed by atoms with E-state index < -0.39 is 0 Å². The lowest BCUT2D eigenvalue weighted by Gasteiger charge is -2.24. The summed E-state index contributed by atoms with van der Waals surface area (Å²) in [6, 6.07) is 10.9. The van der Waals surface area contributed by atoms with Gasteiger partial charge in [0.25, 0.3) is 0 Å². The van der Waals surface area contributed by atoms with Crippen molar-refractivity contribution in [3.63, 3.8) is 0 Å². The van der Waals surface area contributed by atoms with E-state index in [0.29, 0.717) is 41.0 Å². The number of nitrogens with zero attached hydrogens (tertiary/aromatic N) is 1. The first-order chi connectivity index (χ1) is 15.1. The maximum absolute atomic E-state index is 13.4. The molecule has 0 aliphatic heterocycles. The Morgan fingerprint density at radius 3 is 1.84 bits per heavy atom. The molecular formula is C25H33N3O3. The summed E-state index contributed by atoms with van der Waals surface area (Å²) in [5.41, 5.74) is 3.26. The van der Waals surface area contributed by atoms with Crippen molar-refractivity contribution < 1.29 is 14.7 Å². The maximum Gasteiger partial charge on any atom is 0.196 e. The fraction of sp³-hybridized carbons (Fsp3) is 0.440. The second-order valence-corrected chi connectivity index (χ2v) is 7.78. The summed E-state index contributed by atoms with van der Waals surface area (Å²) in [5.74, 6) is -0.227. The van der Waals surface area contributed by atoms with E-state index in [1.807, 2.05) is 24.3 Å². The number of likely N-dealkylation sites (N-methyl/N-ethyl adjacent to an activating group) is 1. The largest absolute Gasteiger partial charge is 0.396 e. The van der Waals surface area contributed by atoms with E-state index in [2.05, 4.69) is 29.4 Å². The van der Waals surface area contributed by atoms with Crippen molar-refractivity contribution in [2.75, 3.05) is 50.0 Å². The van der Waals surface area contributed by atoms with Crippen molar-refractivity contribution in [3.05, 3.63) is 58.7 Å². The van der Waals surface area contributed by atoms with Crippen LogP contribution < -0.4 is 10.6 Å². The Morgan fingerprint density at radius 2 is 1.32 bits per heavy atom. The van der Waals surface area contributed by atoms with Gasteiger partial charge in [0.05, 0.1) is 11.1 Å². The Morgan fingerprint density at radius 1 is 0.774 bits per heavy atom. The number of hydrogen-bond donors (Lipinski definition) is 3. The number of rotatable bonds is 12. The van der Waals surface area contributed by atoms with Crippen LogP contribution in [-0.2, 0) is 0 Å². The van der Waals surface area contributed by atoms with Gasteiger partial charge in [0.15, 0.2) is 11.6 Å². The maximum atomic E-state index is 13.4. The fourth-order valence-corrected chi connectivity index (χ4v) is 4.06. The topological polar surface area (TPSA) is 81.7 Å². The first-order valence-electron chi connectivity index (χ1n) is 11.3. The van der Waals surface area contributed by atoms with Gasteiger partial charge in [-0.3, -0.25) is 9.59 Å². The number of unbranched alkanes of at least 4 members (excludes halogenated alkanes) is 2. The highest BCUT2D eigenvalue weighted by molar-refractivity contribution is 6.31. The lowest BCUT2D eigenvalue weighted by atomic mass is 9.82. The lowest BCUT2D eigenvalue weighted by Crippen LogP contribution is -2.29. The van der Waals surface area contributed by atoms with Crippen molar-refractivity contribution in [1.29, 1.82) is 0 Å². The molecule has 0 unspecified atom stereocenters. The molecule has 0 bridgehead atoms. The lowest BCUT2D eigenvalue weighted by molar-refractivity contribution is 0.0980. The predicted molar refractivity (Wildman–Crippen MR) is 125 cm³/mol. The zero-order valence-corrected chi connectivity index (χ0v) is 18.5. The van der Waals surface area contributed by atoms with Crippen LogP contribution in [0.1, 0.15) is 65.0 Å². The van der Waals surface area contributed by atoms with Gasteiger partial charge in [-0.2, -0.15) is 0 Å². The fourth-order valence-electron chi connectivity index (χ4n) is 4.06. The summed E-state index contributed by atoms with van der Waals surface area (Å²) in [4.78, 5) is 29.1. The second-order valence-electron chi connectivity index (χ2n) is 7.78. The number of carbonyl (C=O) groups excluding carboxylic acids is 2. The van der Waals surface area contributed by atoms with E-state index in [1.54, 1.807) is 12.1 Å². The van der Waals surface area contributed by atoms with Crippen LogP contribution in [0.4, 0.5) is 11.4 Å². The van der Waals surface area contributed by atoms with Gasteiger partial charge >= 0.3 is 0 Å². The zero-order valence-electron chi connectivity index (χ0n) is 18.5. The molecule has 0 atom stereocenters. The summed E-state index contributed by atoms with van der Waals surface area (Å²) in [6.45, 7) is 8.68. The third-order valence-electron chi connectivity index (χ3n) is 5.86. The third kappa shape index (κ3) is 5.14. The van der Waals surface area contributed by atoms with E-state index in [0.717, 1.165) is 44.6 Å². The number of fused-ring (bicyclic) bond motifs is 2. The number of carbonyl (C=O) groups is 2. The van der Waals surface area contributed by atoms with Gasteiger partial charge in [0.2, 0.25) is 0 Å². The first kappa shape index (κ1) is 23.0. The van der Waals surface area contributed by atoms with Gasteiger partial charge in [-0.1, -0.05) is 38.1 Å². The summed E-state index contributed by atoms with van der Waals surface area (Å²) < 4.78 is 0. The molecule has 1 aliphatic rings.